The summed E-state index contributed by atoms with van der Waals surface area (Å²) in [5, 5.41) is 13.9. The summed E-state index contributed by atoms with van der Waals surface area (Å²) in [5.74, 6) is -0.372. The van der Waals surface area contributed by atoms with Crippen molar-refractivity contribution < 1.29 is 14.3 Å². The van der Waals surface area contributed by atoms with Gasteiger partial charge in [-0.15, -0.1) is 0 Å². The zero-order valence-electron chi connectivity index (χ0n) is 13.3. The van der Waals surface area contributed by atoms with Gasteiger partial charge in [-0.2, -0.15) is 14.8 Å². The quantitative estimate of drug-likeness (QED) is 0.760. The highest BCUT2D eigenvalue weighted by Crippen LogP contribution is 2.28. The van der Waals surface area contributed by atoms with Crippen LogP contribution in [0.25, 0.3) is 17.3 Å². The van der Waals surface area contributed by atoms with E-state index in [1.807, 2.05) is 32.0 Å². The highest BCUT2D eigenvalue weighted by Gasteiger charge is 2.19. The third kappa shape index (κ3) is 3.33. The number of carboxylic acids is 1. The van der Waals surface area contributed by atoms with E-state index in [1.54, 1.807) is 16.8 Å². The van der Waals surface area contributed by atoms with Crippen molar-refractivity contribution in [3.63, 3.8) is 0 Å². The second-order valence-corrected chi connectivity index (χ2v) is 5.94. The van der Waals surface area contributed by atoms with Crippen molar-refractivity contribution in [2.45, 2.75) is 26.7 Å². The first-order chi connectivity index (χ1) is 11.4. The lowest BCUT2D eigenvalue weighted by molar-refractivity contribution is -0.137. The summed E-state index contributed by atoms with van der Waals surface area (Å²) in [6, 6.07) is 9.42. The second kappa shape index (κ2) is 6.49. The highest BCUT2D eigenvalue weighted by molar-refractivity contribution is 6.30. The Bertz CT molecular complexity index is 881. The molecule has 0 unspecified atom stereocenters. The van der Waals surface area contributed by atoms with Crippen molar-refractivity contribution in [1.82, 2.24) is 14.8 Å². The van der Waals surface area contributed by atoms with E-state index in [9.17, 15) is 4.79 Å². The molecule has 3 aromatic rings. The molecule has 0 bridgehead atoms. The van der Waals surface area contributed by atoms with Gasteiger partial charge in [-0.1, -0.05) is 23.7 Å². The predicted octanol–water partition coefficient (Wildman–Crippen LogP) is 3.81. The van der Waals surface area contributed by atoms with Gasteiger partial charge >= 0.3 is 12.0 Å². The zero-order chi connectivity index (χ0) is 17.3. The summed E-state index contributed by atoms with van der Waals surface area (Å²) in [6.07, 6.45) is 0.214. The molecule has 3 rings (SSSR count). The van der Waals surface area contributed by atoms with Gasteiger partial charge in [0, 0.05) is 22.7 Å². The number of rotatable bonds is 5. The lowest BCUT2D eigenvalue weighted by Gasteiger charge is -2.00. The standard InChI is InChI=1S/C17H16ClN3O3/c1-10-9-11(2)21(20-10)17-19-16(12-3-5-13(18)6-4-12)14(24-17)7-8-15(22)23/h3-6,9H,7-8H2,1-2H3,(H,22,23). The molecule has 7 heteroatoms. The summed E-state index contributed by atoms with van der Waals surface area (Å²) in [5.41, 5.74) is 3.17. The van der Waals surface area contributed by atoms with Crippen LogP contribution in [0, 0.1) is 13.8 Å². The van der Waals surface area contributed by atoms with Crippen molar-refractivity contribution in [2.24, 2.45) is 0 Å². The van der Waals surface area contributed by atoms with Gasteiger partial charge in [0.2, 0.25) is 0 Å². The van der Waals surface area contributed by atoms with Crippen molar-refractivity contribution in [2.75, 3.05) is 0 Å². The Morgan fingerprint density at radius 1 is 1.29 bits per heavy atom. The van der Waals surface area contributed by atoms with E-state index in [2.05, 4.69) is 10.1 Å². The summed E-state index contributed by atoms with van der Waals surface area (Å²) < 4.78 is 7.43. The minimum absolute atomic E-state index is 0.0354. The van der Waals surface area contributed by atoms with Crippen molar-refractivity contribution in [3.8, 4) is 17.3 Å². The molecule has 0 radical (unpaired) electrons. The maximum atomic E-state index is 10.9. The van der Waals surface area contributed by atoms with Gasteiger partial charge in [0.1, 0.15) is 11.5 Å². The number of aromatic nitrogens is 3. The average Bonchev–Trinajstić information content (AvgIpc) is 3.09. The smallest absolute Gasteiger partial charge is 0.323 e. The number of carboxylic acid groups (broad SMARTS) is 1. The predicted molar refractivity (Wildman–Crippen MR) is 89.5 cm³/mol. The van der Waals surface area contributed by atoms with Crippen LogP contribution in [-0.4, -0.2) is 25.8 Å². The monoisotopic (exact) mass is 345 g/mol. The van der Waals surface area contributed by atoms with E-state index in [0.29, 0.717) is 22.5 Å². The Balaban J connectivity index is 2.06. The van der Waals surface area contributed by atoms with Gasteiger partial charge in [0.15, 0.2) is 0 Å². The summed E-state index contributed by atoms with van der Waals surface area (Å²) in [4.78, 5) is 15.4. The van der Waals surface area contributed by atoms with Crippen LogP contribution in [0.15, 0.2) is 34.7 Å². The number of carbonyl (C=O) groups is 1. The van der Waals surface area contributed by atoms with E-state index in [4.69, 9.17) is 21.1 Å². The molecule has 1 aromatic carbocycles. The summed E-state index contributed by atoms with van der Waals surface area (Å²) in [6.45, 7) is 3.79. The third-order valence-corrected chi connectivity index (χ3v) is 3.81. The number of benzene rings is 1. The van der Waals surface area contributed by atoms with Crippen molar-refractivity contribution in [1.29, 1.82) is 0 Å². The molecule has 0 aliphatic rings. The van der Waals surface area contributed by atoms with Crippen molar-refractivity contribution >= 4 is 17.6 Å². The first-order valence-corrected chi connectivity index (χ1v) is 7.83. The van der Waals surface area contributed by atoms with E-state index in [0.717, 1.165) is 17.0 Å². The number of aryl methyl sites for hydroxylation is 3. The van der Waals surface area contributed by atoms with Crippen LogP contribution in [0.5, 0.6) is 0 Å². The Labute approximate surface area is 143 Å². The molecule has 2 aromatic heterocycles. The lowest BCUT2D eigenvalue weighted by Crippen LogP contribution is -1.99. The molecule has 0 spiro atoms. The van der Waals surface area contributed by atoms with Crippen LogP contribution >= 0.6 is 11.6 Å². The molecule has 0 fully saturated rings. The zero-order valence-corrected chi connectivity index (χ0v) is 14.0. The highest BCUT2D eigenvalue weighted by atomic mass is 35.5. The largest absolute Gasteiger partial charge is 0.481 e. The van der Waals surface area contributed by atoms with Crippen LogP contribution in [0.4, 0.5) is 0 Å². The first kappa shape index (κ1) is 16.3. The Morgan fingerprint density at radius 3 is 2.58 bits per heavy atom. The third-order valence-electron chi connectivity index (χ3n) is 3.56. The minimum atomic E-state index is -0.888. The normalized spacial score (nSPS) is 11.0. The summed E-state index contributed by atoms with van der Waals surface area (Å²) in [7, 11) is 0. The molecule has 24 heavy (non-hydrogen) atoms. The lowest BCUT2D eigenvalue weighted by atomic mass is 10.1. The first-order valence-electron chi connectivity index (χ1n) is 7.45. The molecule has 1 N–H and O–H groups in total. The fourth-order valence-corrected chi connectivity index (χ4v) is 2.60. The fraction of sp³-hybridized carbons (Fsp3) is 0.235. The summed E-state index contributed by atoms with van der Waals surface area (Å²) >= 11 is 5.93. The van der Waals surface area contributed by atoms with E-state index < -0.39 is 5.97 Å². The molecular formula is C17H16ClN3O3. The number of nitrogens with zero attached hydrogens (tertiary/aromatic N) is 3. The van der Waals surface area contributed by atoms with Crippen LogP contribution in [0.3, 0.4) is 0 Å². The molecule has 6 nitrogen and oxygen atoms in total. The molecule has 0 atom stereocenters. The topological polar surface area (TPSA) is 81.2 Å². The number of halogens is 1. The molecule has 0 saturated heterocycles. The van der Waals surface area contributed by atoms with Crippen LogP contribution < -0.4 is 0 Å². The van der Waals surface area contributed by atoms with Crippen LogP contribution in [0.2, 0.25) is 5.02 Å². The van der Waals surface area contributed by atoms with Gasteiger partial charge in [0.25, 0.3) is 0 Å². The molecule has 0 amide bonds. The van der Waals surface area contributed by atoms with E-state index >= 15 is 0 Å². The van der Waals surface area contributed by atoms with E-state index in [1.165, 1.54) is 0 Å². The SMILES string of the molecule is Cc1cc(C)n(-c2nc(-c3ccc(Cl)cc3)c(CCC(=O)O)o2)n1. The molecule has 124 valence electrons. The minimum Gasteiger partial charge on any atom is -0.481 e. The molecule has 0 aliphatic carbocycles. The maximum Gasteiger partial charge on any atom is 0.323 e. The maximum absolute atomic E-state index is 10.9. The van der Waals surface area contributed by atoms with Gasteiger partial charge in [-0.25, -0.2) is 0 Å². The second-order valence-electron chi connectivity index (χ2n) is 5.51. The molecule has 2 heterocycles. The Morgan fingerprint density at radius 2 is 2.00 bits per heavy atom. The van der Waals surface area contributed by atoms with Gasteiger partial charge in [0.05, 0.1) is 12.1 Å². The van der Waals surface area contributed by atoms with Crippen molar-refractivity contribution in [3.05, 3.63) is 52.5 Å². The number of aliphatic carboxylic acids is 1. The van der Waals surface area contributed by atoms with Gasteiger partial charge in [-0.05, 0) is 32.0 Å². The Hall–Kier alpha value is -2.60. The van der Waals surface area contributed by atoms with Crippen LogP contribution in [-0.2, 0) is 11.2 Å². The number of oxazole rings is 1. The van der Waals surface area contributed by atoms with Crippen LogP contribution in [0.1, 0.15) is 23.6 Å². The molecule has 0 saturated carbocycles. The van der Waals surface area contributed by atoms with Gasteiger partial charge < -0.3 is 9.52 Å². The molecular weight excluding hydrogens is 330 g/mol. The number of hydrogen-bond donors (Lipinski definition) is 1. The Kier molecular flexibility index (Phi) is 4.40. The molecule has 0 aliphatic heterocycles. The number of hydrogen-bond acceptors (Lipinski definition) is 4. The van der Waals surface area contributed by atoms with Gasteiger partial charge in [-0.3, -0.25) is 4.79 Å². The van der Waals surface area contributed by atoms with E-state index in [-0.39, 0.29) is 12.8 Å². The fourth-order valence-electron chi connectivity index (χ4n) is 2.48. The average molecular weight is 346 g/mol.